The second-order valence-corrected chi connectivity index (χ2v) is 4.54. The highest BCUT2D eigenvalue weighted by atomic mass is 15.9. The van der Waals surface area contributed by atoms with E-state index < -0.39 is 0 Å². The molecule has 1 aliphatic heterocycles. The van der Waals surface area contributed by atoms with E-state index in [0.29, 0.717) is 5.66 Å². The van der Waals surface area contributed by atoms with Crippen molar-refractivity contribution < 1.29 is 0 Å². The van der Waals surface area contributed by atoms with Gasteiger partial charge < -0.3 is 0 Å². The Kier molecular flexibility index (Phi) is 2.61. The Hall–Kier alpha value is -0.0800. The number of hydrogen-bond donors (Lipinski definition) is 0. The van der Waals surface area contributed by atoms with Gasteiger partial charge in [-0.15, -0.1) is 0 Å². The van der Waals surface area contributed by atoms with Crippen LogP contribution >= 0.6 is 0 Å². The second kappa shape index (κ2) is 3.58. The lowest BCUT2D eigenvalue weighted by Gasteiger charge is -2.20. The molecule has 0 bridgehead atoms. The molecule has 1 aliphatic carbocycles. The van der Waals surface area contributed by atoms with Crippen LogP contribution in [-0.2, 0) is 0 Å². The Balaban J connectivity index is 1.86. The van der Waals surface area contributed by atoms with Gasteiger partial charge >= 0.3 is 0 Å². The average Bonchev–Trinajstić information content (AvgIpc) is 2.69. The van der Waals surface area contributed by atoms with Gasteiger partial charge in [-0.2, -0.15) is 0 Å². The highest BCUT2D eigenvalue weighted by Crippen LogP contribution is 2.48. The van der Waals surface area contributed by atoms with Gasteiger partial charge in [0.05, 0.1) is 0 Å². The molecule has 1 heterocycles. The summed E-state index contributed by atoms with van der Waals surface area (Å²) in [5.41, 5.74) is 0.521. The number of unbranched alkanes of at least 4 members (excludes halogenated alkanes) is 1. The average molecular weight is 182 g/mol. The van der Waals surface area contributed by atoms with Crippen molar-refractivity contribution in [3.8, 4) is 0 Å². The molecule has 2 fully saturated rings. The standard InChI is InChI=1S/C11H22N2/c1-3-4-10-13-11(12(13)2)8-6-5-7-9-11/h3-10H2,1-2H3. The van der Waals surface area contributed by atoms with Crippen molar-refractivity contribution in [1.29, 1.82) is 0 Å². The molecule has 2 nitrogen and oxygen atoms in total. The fraction of sp³-hybridized carbons (Fsp3) is 1.00. The molecule has 0 radical (unpaired) electrons. The maximum Gasteiger partial charge on any atom is 0.100 e. The minimum absolute atomic E-state index is 0.521. The minimum atomic E-state index is 0.521. The summed E-state index contributed by atoms with van der Waals surface area (Å²) < 4.78 is 0. The predicted molar refractivity (Wildman–Crippen MR) is 55.2 cm³/mol. The van der Waals surface area contributed by atoms with Crippen LogP contribution in [0.4, 0.5) is 0 Å². The molecule has 1 spiro atoms. The van der Waals surface area contributed by atoms with Crippen LogP contribution in [0.5, 0.6) is 0 Å². The fourth-order valence-electron chi connectivity index (χ4n) is 2.82. The molecule has 2 aliphatic rings. The first-order valence-electron chi connectivity index (χ1n) is 5.82. The minimum Gasteiger partial charge on any atom is -0.222 e. The van der Waals surface area contributed by atoms with Crippen molar-refractivity contribution in [3.05, 3.63) is 0 Å². The largest absolute Gasteiger partial charge is 0.222 e. The Labute approximate surface area is 81.9 Å². The lowest BCUT2D eigenvalue weighted by Crippen LogP contribution is -2.23. The van der Waals surface area contributed by atoms with Crippen molar-refractivity contribution >= 4 is 0 Å². The maximum absolute atomic E-state index is 2.59. The Morgan fingerprint density at radius 1 is 1.15 bits per heavy atom. The van der Waals surface area contributed by atoms with Crippen LogP contribution in [0, 0.1) is 0 Å². The van der Waals surface area contributed by atoms with Crippen LogP contribution in [0.2, 0.25) is 0 Å². The van der Waals surface area contributed by atoms with Gasteiger partial charge in [-0.25, -0.2) is 10.0 Å². The summed E-state index contributed by atoms with van der Waals surface area (Å²) in [6.07, 6.45) is 9.82. The third-order valence-corrected chi connectivity index (χ3v) is 3.78. The molecular weight excluding hydrogens is 160 g/mol. The molecule has 1 saturated carbocycles. The normalized spacial score (nSPS) is 36.5. The molecule has 76 valence electrons. The van der Waals surface area contributed by atoms with E-state index in [0.717, 1.165) is 0 Å². The lowest BCUT2D eigenvalue weighted by atomic mass is 9.92. The van der Waals surface area contributed by atoms with E-state index in [-0.39, 0.29) is 0 Å². The van der Waals surface area contributed by atoms with Crippen molar-refractivity contribution in [2.24, 2.45) is 0 Å². The van der Waals surface area contributed by atoms with Crippen LogP contribution in [0.15, 0.2) is 0 Å². The van der Waals surface area contributed by atoms with Gasteiger partial charge in [0, 0.05) is 13.6 Å². The molecule has 2 rings (SSSR count). The van der Waals surface area contributed by atoms with E-state index >= 15 is 0 Å². The topological polar surface area (TPSA) is 6.02 Å². The molecular formula is C11H22N2. The molecule has 2 atom stereocenters. The van der Waals surface area contributed by atoms with Crippen molar-refractivity contribution in [2.75, 3.05) is 13.6 Å². The van der Waals surface area contributed by atoms with Crippen molar-refractivity contribution in [3.63, 3.8) is 0 Å². The Bertz CT molecular complexity index is 173. The van der Waals surface area contributed by atoms with Gasteiger partial charge in [-0.05, 0) is 19.3 Å². The highest BCUT2D eigenvalue weighted by Gasteiger charge is 2.57. The highest BCUT2D eigenvalue weighted by molar-refractivity contribution is 5.00. The summed E-state index contributed by atoms with van der Waals surface area (Å²) in [5, 5.41) is 5.08. The summed E-state index contributed by atoms with van der Waals surface area (Å²) in [4.78, 5) is 0. The van der Waals surface area contributed by atoms with Gasteiger partial charge in [0.25, 0.3) is 0 Å². The first-order valence-corrected chi connectivity index (χ1v) is 5.82. The number of nitrogens with zero attached hydrogens (tertiary/aromatic N) is 2. The molecule has 0 aromatic carbocycles. The molecule has 0 aromatic rings. The van der Waals surface area contributed by atoms with E-state index in [1.54, 1.807) is 0 Å². The van der Waals surface area contributed by atoms with Crippen LogP contribution in [0.25, 0.3) is 0 Å². The molecule has 13 heavy (non-hydrogen) atoms. The Morgan fingerprint density at radius 2 is 1.85 bits per heavy atom. The van der Waals surface area contributed by atoms with Crippen molar-refractivity contribution in [2.45, 2.75) is 57.5 Å². The van der Waals surface area contributed by atoms with Gasteiger partial charge in [-0.1, -0.05) is 32.6 Å². The summed E-state index contributed by atoms with van der Waals surface area (Å²) >= 11 is 0. The van der Waals surface area contributed by atoms with Gasteiger partial charge in [0.2, 0.25) is 0 Å². The molecule has 0 amide bonds. The number of hydrogen-bond acceptors (Lipinski definition) is 2. The first-order chi connectivity index (χ1) is 6.31. The van der Waals surface area contributed by atoms with E-state index in [1.165, 1.54) is 51.5 Å². The molecule has 2 unspecified atom stereocenters. The first kappa shape index (κ1) is 9.47. The van der Waals surface area contributed by atoms with Crippen LogP contribution < -0.4 is 0 Å². The van der Waals surface area contributed by atoms with E-state index in [2.05, 4.69) is 24.0 Å². The van der Waals surface area contributed by atoms with Crippen LogP contribution in [0.3, 0.4) is 0 Å². The predicted octanol–water partition coefficient (Wildman–Crippen LogP) is 2.61. The monoisotopic (exact) mass is 182 g/mol. The number of hydrazine groups is 1. The zero-order chi connectivity index (χ0) is 9.31. The summed E-state index contributed by atoms with van der Waals surface area (Å²) in [5.74, 6) is 0. The smallest absolute Gasteiger partial charge is 0.100 e. The third kappa shape index (κ3) is 1.50. The zero-order valence-corrected chi connectivity index (χ0v) is 9.05. The quantitative estimate of drug-likeness (QED) is 0.619. The summed E-state index contributed by atoms with van der Waals surface area (Å²) in [6.45, 7) is 3.56. The SMILES string of the molecule is CCCCN1N(C)C12CCCCC2. The molecule has 0 N–H and O–H groups in total. The lowest BCUT2D eigenvalue weighted by molar-refractivity contribution is 0.307. The fourth-order valence-corrected chi connectivity index (χ4v) is 2.82. The Morgan fingerprint density at radius 3 is 2.46 bits per heavy atom. The van der Waals surface area contributed by atoms with Crippen molar-refractivity contribution in [1.82, 2.24) is 10.0 Å². The molecule has 0 aromatic heterocycles. The van der Waals surface area contributed by atoms with Gasteiger partial charge in [0.15, 0.2) is 0 Å². The maximum atomic E-state index is 2.59. The molecule has 1 saturated heterocycles. The summed E-state index contributed by atoms with van der Waals surface area (Å²) in [7, 11) is 2.26. The zero-order valence-electron chi connectivity index (χ0n) is 9.05. The molecule has 2 heteroatoms. The summed E-state index contributed by atoms with van der Waals surface area (Å²) in [6, 6.07) is 0. The van der Waals surface area contributed by atoms with Crippen LogP contribution in [-0.4, -0.2) is 29.3 Å². The van der Waals surface area contributed by atoms with E-state index in [9.17, 15) is 0 Å². The number of rotatable bonds is 3. The van der Waals surface area contributed by atoms with E-state index in [4.69, 9.17) is 0 Å². The van der Waals surface area contributed by atoms with Gasteiger partial charge in [-0.3, -0.25) is 0 Å². The second-order valence-electron chi connectivity index (χ2n) is 4.54. The van der Waals surface area contributed by atoms with Gasteiger partial charge in [0.1, 0.15) is 5.66 Å². The third-order valence-electron chi connectivity index (χ3n) is 3.78. The van der Waals surface area contributed by atoms with E-state index in [1.807, 2.05) is 0 Å². The van der Waals surface area contributed by atoms with Crippen LogP contribution in [0.1, 0.15) is 51.9 Å².